The first-order valence-electron chi connectivity index (χ1n) is 8.63. The Morgan fingerprint density at radius 1 is 0.958 bits per heavy atom. The van der Waals surface area contributed by atoms with Gasteiger partial charge >= 0.3 is 0 Å². The van der Waals surface area contributed by atoms with Crippen molar-refractivity contribution in [3.05, 3.63) is 58.3 Å². The summed E-state index contributed by atoms with van der Waals surface area (Å²) in [6.45, 7) is 0. The number of nitrogens with one attached hydrogen (secondary N) is 1. The van der Waals surface area contributed by atoms with Gasteiger partial charge in [0.05, 0.1) is 4.88 Å². The van der Waals surface area contributed by atoms with Crippen molar-refractivity contribution in [1.82, 2.24) is 5.32 Å². The maximum absolute atomic E-state index is 12.1. The summed E-state index contributed by atoms with van der Waals surface area (Å²) in [5.74, 6) is 0.677. The van der Waals surface area contributed by atoms with E-state index in [1.165, 1.54) is 16.9 Å². The third-order valence-electron chi connectivity index (χ3n) is 4.74. The van der Waals surface area contributed by atoms with Gasteiger partial charge < -0.3 is 5.32 Å². The highest BCUT2D eigenvalue weighted by Crippen LogP contribution is 2.32. The van der Waals surface area contributed by atoms with Gasteiger partial charge in [0.15, 0.2) is 5.78 Å². The van der Waals surface area contributed by atoms with E-state index < -0.39 is 0 Å². The fourth-order valence-corrected chi connectivity index (χ4v) is 4.08. The zero-order valence-corrected chi connectivity index (χ0v) is 14.6. The molecule has 3 nitrogen and oxygen atoms in total. The van der Waals surface area contributed by atoms with Gasteiger partial charge in [-0.25, -0.2) is 0 Å². The summed E-state index contributed by atoms with van der Waals surface area (Å²) < 4.78 is 0. The normalized spacial score (nSPS) is 20.5. The van der Waals surface area contributed by atoms with Gasteiger partial charge in [-0.15, -0.1) is 11.3 Å². The Labute approximate surface area is 147 Å². The second kappa shape index (κ2) is 8.25. The molecule has 0 aliphatic heterocycles. The van der Waals surface area contributed by atoms with Crippen molar-refractivity contribution in [1.29, 1.82) is 0 Å². The van der Waals surface area contributed by atoms with E-state index in [1.807, 2.05) is 23.6 Å². The molecular weight excluding hydrogens is 318 g/mol. The van der Waals surface area contributed by atoms with Gasteiger partial charge in [-0.1, -0.05) is 36.4 Å². The molecular formula is C20H23NO2S. The molecule has 1 aromatic heterocycles. The molecule has 3 rings (SSSR count). The average Bonchev–Trinajstić information content (AvgIpc) is 3.16. The summed E-state index contributed by atoms with van der Waals surface area (Å²) in [5, 5.41) is 4.99. The number of hydrogen-bond acceptors (Lipinski definition) is 3. The molecule has 1 N–H and O–H groups in total. The third kappa shape index (κ3) is 4.54. The van der Waals surface area contributed by atoms with Crippen LogP contribution in [0.25, 0.3) is 0 Å². The standard InChI is InChI=1S/C20H23NO2S/c22-18(19-7-4-14-24-19)12-13-20(23)21-17-10-8-16(9-11-17)15-5-2-1-3-6-15/h1-7,14,16-17H,8-13H2,(H,21,23). The lowest BCUT2D eigenvalue weighted by molar-refractivity contribution is -0.122. The van der Waals surface area contributed by atoms with Crippen LogP contribution in [0.2, 0.25) is 0 Å². The Bertz CT molecular complexity index is 658. The molecule has 1 fully saturated rings. The van der Waals surface area contributed by atoms with Crippen LogP contribution in [-0.2, 0) is 4.79 Å². The molecule has 24 heavy (non-hydrogen) atoms. The topological polar surface area (TPSA) is 46.2 Å². The van der Waals surface area contributed by atoms with E-state index in [4.69, 9.17) is 0 Å². The molecule has 1 amide bonds. The van der Waals surface area contributed by atoms with E-state index in [9.17, 15) is 9.59 Å². The van der Waals surface area contributed by atoms with Crippen LogP contribution < -0.4 is 5.32 Å². The van der Waals surface area contributed by atoms with Gasteiger partial charge in [0.25, 0.3) is 0 Å². The second-order valence-electron chi connectivity index (χ2n) is 6.43. The van der Waals surface area contributed by atoms with Gasteiger partial charge in [0.1, 0.15) is 0 Å². The number of ketones is 1. The van der Waals surface area contributed by atoms with E-state index in [2.05, 4.69) is 29.6 Å². The van der Waals surface area contributed by atoms with Crippen LogP contribution in [0.4, 0.5) is 0 Å². The van der Waals surface area contributed by atoms with Crippen LogP contribution >= 0.6 is 11.3 Å². The molecule has 4 heteroatoms. The van der Waals surface area contributed by atoms with Crippen LogP contribution in [0.15, 0.2) is 47.8 Å². The zero-order chi connectivity index (χ0) is 16.8. The Hall–Kier alpha value is -1.94. The van der Waals surface area contributed by atoms with Gasteiger partial charge in [0, 0.05) is 18.9 Å². The molecule has 126 valence electrons. The molecule has 0 unspecified atom stereocenters. The van der Waals surface area contributed by atoms with Crippen molar-refractivity contribution >= 4 is 23.0 Å². The molecule has 1 aromatic carbocycles. The molecule has 2 aromatic rings. The fourth-order valence-electron chi connectivity index (χ4n) is 3.38. The fraction of sp³-hybridized carbons (Fsp3) is 0.400. The molecule has 1 aliphatic carbocycles. The summed E-state index contributed by atoms with van der Waals surface area (Å²) in [4.78, 5) is 24.8. The van der Waals surface area contributed by atoms with Crippen LogP contribution in [-0.4, -0.2) is 17.7 Å². The Morgan fingerprint density at radius 3 is 2.38 bits per heavy atom. The minimum absolute atomic E-state index is 0.00284. The monoisotopic (exact) mass is 341 g/mol. The van der Waals surface area contributed by atoms with E-state index in [-0.39, 0.29) is 24.2 Å². The summed E-state index contributed by atoms with van der Waals surface area (Å²) in [5.41, 5.74) is 1.41. The van der Waals surface area contributed by atoms with Crippen LogP contribution in [0, 0.1) is 0 Å². The third-order valence-corrected chi connectivity index (χ3v) is 5.65. The largest absolute Gasteiger partial charge is 0.353 e. The van der Waals surface area contributed by atoms with E-state index in [0.717, 1.165) is 30.6 Å². The summed E-state index contributed by atoms with van der Waals surface area (Å²) in [6, 6.07) is 14.6. The molecule has 1 saturated carbocycles. The first-order chi connectivity index (χ1) is 11.7. The van der Waals surface area contributed by atoms with Gasteiger partial charge in [-0.2, -0.15) is 0 Å². The number of carbonyl (C=O) groups excluding carboxylic acids is 2. The zero-order valence-electron chi connectivity index (χ0n) is 13.7. The lowest BCUT2D eigenvalue weighted by Gasteiger charge is -2.29. The first kappa shape index (κ1) is 16.9. The highest BCUT2D eigenvalue weighted by molar-refractivity contribution is 7.12. The lowest BCUT2D eigenvalue weighted by atomic mass is 9.82. The summed E-state index contributed by atoms with van der Waals surface area (Å²) in [6.07, 6.45) is 4.85. The van der Waals surface area contributed by atoms with Gasteiger partial charge in [-0.3, -0.25) is 9.59 Å². The molecule has 1 heterocycles. The van der Waals surface area contributed by atoms with Crippen LogP contribution in [0.5, 0.6) is 0 Å². The van der Waals surface area contributed by atoms with Crippen molar-refractivity contribution in [3.63, 3.8) is 0 Å². The average molecular weight is 341 g/mol. The summed E-state index contributed by atoms with van der Waals surface area (Å²) >= 11 is 1.44. The number of hydrogen-bond donors (Lipinski definition) is 1. The second-order valence-corrected chi connectivity index (χ2v) is 7.37. The Balaban J connectivity index is 1.39. The van der Waals surface area contributed by atoms with Crippen LogP contribution in [0.1, 0.15) is 59.7 Å². The smallest absolute Gasteiger partial charge is 0.220 e. The SMILES string of the molecule is O=C(CCC(=O)c1cccs1)NC1CCC(c2ccccc2)CC1. The first-order valence-corrected chi connectivity index (χ1v) is 9.51. The van der Waals surface area contributed by atoms with E-state index in [0.29, 0.717) is 12.3 Å². The molecule has 0 radical (unpaired) electrons. The molecule has 1 aliphatic rings. The number of benzene rings is 1. The highest BCUT2D eigenvalue weighted by atomic mass is 32.1. The number of thiophene rings is 1. The number of carbonyl (C=O) groups is 2. The predicted molar refractivity (Wildman–Crippen MR) is 97.5 cm³/mol. The number of rotatable bonds is 6. The highest BCUT2D eigenvalue weighted by Gasteiger charge is 2.23. The Kier molecular flexibility index (Phi) is 5.81. The quantitative estimate of drug-likeness (QED) is 0.783. The Morgan fingerprint density at radius 2 is 1.71 bits per heavy atom. The van der Waals surface area contributed by atoms with Crippen molar-refractivity contribution < 1.29 is 9.59 Å². The van der Waals surface area contributed by atoms with Gasteiger partial charge in [-0.05, 0) is 48.6 Å². The van der Waals surface area contributed by atoms with Crippen molar-refractivity contribution in [2.45, 2.75) is 50.5 Å². The van der Waals surface area contributed by atoms with Crippen molar-refractivity contribution in [2.24, 2.45) is 0 Å². The van der Waals surface area contributed by atoms with Crippen LogP contribution in [0.3, 0.4) is 0 Å². The van der Waals surface area contributed by atoms with E-state index >= 15 is 0 Å². The minimum Gasteiger partial charge on any atom is -0.353 e. The molecule has 0 atom stereocenters. The molecule has 0 saturated heterocycles. The summed E-state index contributed by atoms with van der Waals surface area (Å²) in [7, 11) is 0. The number of amides is 1. The number of Topliss-reactive ketones (excluding diaryl/α,β-unsaturated/α-hetero) is 1. The van der Waals surface area contributed by atoms with Crippen molar-refractivity contribution in [3.8, 4) is 0 Å². The van der Waals surface area contributed by atoms with Gasteiger partial charge in [0.2, 0.25) is 5.91 Å². The molecule has 0 spiro atoms. The predicted octanol–water partition coefficient (Wildman–Crippen LogP) is 4.55. The van der Waals surface area contributed by atoms with E-state index in [1.54, 1.807) is 0 Å². The lowest BCUT2D eigenvalue weighted by Crippen LogP contribution is -2.37. The molecule has 0 bridgehead atoms. The maximum Gasteiger partial charge on any atom is 0.220 e. The maximum atomic E-state index is 12.1. The van der Waals surface area contributed by atoms with Crippen molar-refractivity contribution in [2.75, 3.05) is 0 Å². The minimum atomic E-state index is 0.00284.